The summed E-state index contributed by atoms with van der Waals surface area (Å²) >= 11 is 0. The number of allylic oxidation sites excluding steroid dienone is 2. The van der Waals surface area contributed by atoms with Gasteiger partial charge in [0.15, 0.2) is 5.79 Å². The van der Waals surface area contributed by atoms with Crippen LogP contribution in [0.2, 0.25) is 0 Å². The van der Waals surface area contributed by atoms with Gasteiger partial charge in [0.25, 0.3) is 0 Å². The molecular weight excluding hydrogens is 268 g/mol. The molecule has 1 saturated heterocycles. The fourth-order valence-electron chi connectivity index (χ4n) is 4.46. The summed E-state index contributed by atoms with van der Waals surface area (Å²) in [5.74, 6) is -1.27. The van der Waals surface area contributed by atoms with E-state index in [-0.39, 0.29) is 11.6 Å². The molecule has 0 amide bonds. The summed E-state index contributed by atoms with van der Waals surface area (Å²) < 4.78 is 11.9. The molecule has 2 fully saturated rings. The third-order valence-corrected chi connectivity index (χ3v) is 5.32. The number of carbonyl (C=O) groups excluding carboxylic acids is 2. The standard InChI is InChI=1S/C17H24O4/c1-11-5-6-16(4)10-17(20-7-8-21-17)9-15(2,3)12(11)13(18)14(16)19/h5-10H2,1-4H3/t16-/m1/s1. The van der Waals surface area contributed by atoms with Gasteiger partial charge in [-0.15, -0.1) is 0 Å². The summed E-state index contributed by atoms with van der Waals surface area (Å²) in [5.41, 5.74) is 0.653. The maximum atomic E-state index is 12.8. The molecule has 0 N–H and O–H groups in total. The minimum Gasteiger partial charge on any atom is -0.347 e. The number of hydrogen-bond acceptors (Lipinski definition) is 4. The summed E-state index contributed by atoms with van der Waals surface area (Å²) in [5, 5.41) is 0. The minimum absolute atomic E-state index is 0.263. The molecule has 116 valence electrons. The van der Waals surface area contributed by atoms with Gasteiger partial charge in [0.05, 0.1) is 13.2 Å². The van der Waals surface area contributed by atoms with Crippen LogP contribution < -0.4 is 0 Å². The van der Waals surface area contributed by atoms with Gasteiger partial charge in [0.1, 0.15) is 0 Å². The van der Waals surface area contributed by atoms with Gasteiger partial charge in [-0.1, -0.05) is 26.3 Å². The zero-order valence-electron chi connectivity index (χ0n) is 13.4. The van der Waals surface area contributed by atoms with E-state index in [0.29, 0.717) is 38.0 Å². The third kappa shape index (κ3) is 2.20. The lowest BCUT2D eigenvalue weighted by Crippen LogP contribution is -2.49. The molecule has 0 radical (unpaired) electrons. The molecule has 3 aliphatic rings. The van der Waals surface area contributed by atoms with Crippen LogP contribution in [0.5, 0.6) is 0 Å². The van der Waals surface area contributed by atoms with E-state index in [1.54, 1.807) is 0 Å². The zero-order valence-corrected chi connectivity index (χ0v) is 13.4. The normalized spacial score (nSPS) is 35.0. The number of Topliss-reactive ketones (excluding diaryl/α,β-unsaturated/α-hetero) is 2. The number of ketones is 2. The maximum Gasteiger partial charge on any atom is 0.225 e. The predicted octanol–water partition coefficient (Wildman–Crippen LogP) is 2.80. The van der Waals surface area contributed by atoms with Gasteiger partial charge in [-0.25, -0.2) is 0 Å². The van der Waals surface area contributed by atoms with Crippen LogP contribution in [0, 0.1) is 10.8 Å². The van der Waals surface area contributed by atoms with Crippen molar-refractivity contribution in [2.24, 2.45) is 10.8 Å². The fourth-order valence-corrected chi connectivity index (χ4v) is 4.46. The highest BCUT2D eigenvalue weighted by Crippen LogP contribution is 2.52. The molecule has 0 aromatic carbocycles. The molecule has 0 aromatic rings. The van der Waals surface area contributed by atoms with Crippen molar-refractivity contribution in [3.05, 3.63) is 11.1 Å². The van der Waals surface area contributed by atoms with E-state index in [2.05, 4.69) is 0 Å². The first-order valence-corrected chi connectivity index (χ1v) is 7.77. The molecule has 0 unspecified atom stereocenters. The van der Waals surface area contributed by atoms with E-state index in [4.69, 9.17) is 9.47 Å². The van der Waals surface area contributed by atoms with E-state index in [0.717, 1.165) is 12.0 Å². The number of fused-ring (bicyclic) bond motifs is 3. The summed E-state index contributed by atoms with van der Waals surface area (Å²) in [4.78, 5) is 25.5. The smallest absolute Gasteiger partial charge is 0.225 e. The number of ether oxygens (including phenoxy) is 2. The first kappa shape index (κ1) is 14.9. The molecule has 3 rings (SSSR count). The Labute approximate surface area is 125 Å². The highest BCUT2D eigenvalue weighted by Gasteiger charge is 2.56. The first-order chi connectivity index (χ1) is 9.69. The van der Waals surface area contributed by atoms with E-state index in [1.165, 1.54) is 0 Å². The van der Waals surface area contributed by atoms with Gasteiger partial charge in [-0.3, -0.25) is 9.59 Å². The lowest BCUT2D eigenvalue weighted by Gasteiger charge is -2.43. The Bertz CT molecular complexity index is 537. The second kappa shape index (κ2) is 4.50. The summed E-state index contributed by atoms with van der Waals surface area (Å²) in [6, 6.07) is 0. The molecule has 2 aliphatic carbocycles. The largest absolute Gasteiger partial charge is 0.347 e. The molecule has 1 saturated carbocycles. The lowest BCUT2D eigenvalue weighted by molar-refractivity contribution is -0.200. The molecule has 4 nitrogen and oxygen atoms in total. The van der Waals surface area contributed by atoms with E-state index >= 15 is 0 Å². The number of rotatable bonds is 0. The predicted molar refractivity (Wildman–Crippen MR) is 77.7 cm³/mol. The Morgan fingerprint density at radius 1 is 1.00 bits per heavy atom. The van der Waals surface area contributed by atoms with Crippen molar-refractivity contribution >= 4 is 11.6 Å². The van der Waals surface area contributed by atoms with Gasteiger partial charge >= 0.3 is 0 Å². The maximum absolute atomic E-state index is 12.8. The van der Waals surface area contributed by atoms with Crippen LogP contribution in [0.4, 0.5) is 0 Å². The summed E-state index contributed by atoms with van der Waals surface area (Å²) in [6.07, 6.45) is 2.59. The Hall–Kier alpha value is -1.00. The van der Waals surface area contributed by atoms with Crippen LogP contribution in [0.15, 0.2) is 11.1 Å². The Morgan fingerprint density at radius 3 is 2.24 bits per heavy atom. The van der Waals surface area contributed by atoms with Crippen molar-refractivity contribution in [1.29, 1.82) is 0 Å². The molecule has 21 heavy (non-hydrogen) atoms. The van der Waals surface area contributed by atoms with E-state index in [1.807, 2.05) is 27.7 Å². The molecule has 1 aliphatic heterocycles. The van der Waals surface area contributed by atoms with E-state index < -0.39 is 16.6 Å². The Morgan fingerprint density at radius 2 is 1.62 bits per heavy atom. The van der Waals surface area contributed by atoms with Crippen LogP contribution in [0.3, 0.4) is 0 Å². The molecule has 2 bridgehead atoms. The van der Waals surface area contributed by atoms with Gasteiger partial charge in [-0.2, -0.15) is 0 Å². The van der Waals surface area contributed by atoms with Crippen molar-refractivity contribution in [1.82, 2.24) is 0 Å². The Balaban J connectivity index is 2.18. The monoisotopic (exact) mass is 292 g/mol. The molecule has 0 aromatic heterocycles. The SMILES string of the molecule is CC1=C2C(=O)C(=O)[C@](C)(CC1)CC1(CC2(C)C)OCCO1. The highest BCUT2D eigenvalue weighted by atomic mass is 16.7. The van der Waals surface area contributed by atoms with Crippen molar-refractivity contribution in [2.75, 3.05) is 13.2 Å². The minimum atomic E-state index is -0.718. The fraction of sp³-hybridized carbons (Fsp3) is 0.765. The second-order valence-electron chi connectivity index (χ2n) is 7.72. The van der Waals surface area contributed by atoms with Crippen molar-refractivity contribution < 1.29 is 19.1 Å². The molecule has 4 heteroatoms. The van der Waals surface area contributed by atoms with Crippen LogP contribution in [0.1, 0.15) is 53.4 Å². The molecule has 1 heterocycles. The highest BCUT2D eigenvalue weighted by molar-refractivity contribution is 6.45. The average Bonchev–Trinajstić information content (AvgIpc) is 2.79. The summed E-state index contributed by atoms with van der Waals surface area (Å²) in [6.45, 7) is 9.06. The second-order valence-corrected chi connectivity index (χ2v) is 7.72. The summed E-state index contributed by atoms with van der Waals surface area (Å²) in [7, 11) is 0. The number of carbonyl (C=O) groups is 2. The van der Waals surface area contributed by atoms with Crippen LogP contribution >= 0.6 is 0 Å². The van der Waals surface area contributed by atoms with Crippen LogP contribution in [0.25, 0.3) is 0 Å². The van der Waals surface area contributed by atoms with Crippen molar-refractivity contribution in [2.45, 2.75) is 59.2 Å². The van der Waals surface area contributed by atoms with Gasteiger partial charge < -0.3 is 9.47 Å². The first-order valence-electron chi connectivity index (χ1n) is 7.77. The molecular formula is C17H24O4. The van der Waals surface area contributed by atoms with Crippen molar-refractivity contribution in [3.63, 3.8) is 0 Å². The van der Waals surface area contributed by atoms with Gasteiger partial charge in [0, 0.05) is 23.8 Å². The Kier molecular flexibility index (Phi) is 3.19. The van der Waals surface area contributed by atoms with Gasteiger partial charge in [0.2, 0.25) is 11.6 Å². The lowest BCUT2D eigenvalue weighted by atomic mass is 9.66. The van der Waals surface area contributed by atoms with Gasteiger partial charge in [-0.05, 0) is 25.2 Å². The van der Waals surface area contributed by atoms with Crippen LogP contribution in [-0.4, -0.2) is 30.6 Å². The van der Waals surface area contributed by atoms with E-state index in [9.17, 15) is 9.59 Å². The topological polar surface area (TPSA) is 52.6 Å². The average molecular weight is 292 g/mol. The van der Waals surface area contributed by atoms with Crippen molar-refractivity contribution in [3.8, 4) is 0 Å². The third-order valence-electron chi connectivity index (χ3n) is 5.32. The molecule has 1 atom stereocenters. The molecule has 1 spiro atoms. The number of hydrogen-bond donors (Lipinski definition) is 0. The quantitative estimate of drug-likeness (QED) is 0.644. The zero-order chi connectivity index (χ0) is 15.5. The van der Waals surface area contributed by atoms with Crippen LogP contribution in [-0.2, 0) is 19.1 Å².